The van der Waals surface area contributed by atoms with Crippen molar-refractivity contribution in [1.29, 1.82) is 0 Å². The van der Waals surface area contributed by atoms with Gasteiger partial charge in [0.05, 0.1) is 0 Å². The first-order chi connectivity index (χ1) is 9.16. The third-order valence-electron chi connectivity index (χ3n) is 2.67. The van der Waals surface area contributed by atoms with E-state index in [1.165, 1.54) is 0 Å². The Morgan fingerprint density at radius 1 is 1.47 bits per heavy atom. The van der Waals surface area contributed by atoms with Crippen molar-refractivity contribution in [2.24, 2.45) is 0 Å². The number of aryl methyl sites for hydroxylation is 1. The highest BCUT2D eigenvalue weighted by Gasteiger charge is 2.06. The van der Waals surface area contributed by atoms with Gasteiger partial charge < -0.3 is 11.1 Å². The van der Waals surface area contributed by atoms with E-state index in [2.05, 4.69) is 26.3 Å². The summed E-state index contributed by atoms with van der Waals surface area (Å²) in [5.74, 6) is -0.0961. The van der Waals surface area contributed by atoms with Crippen LogP contribution in [0, 0.1) is 0 Å². The van der Waals surface area contributed by atoms with Crippen molar-refractivity contribution < 1.29 is 4.79 Å². The van der Waals surface area contributed by atoms with Gasteiger partial charge in [0.2, 0.25) is 0 Å². The molecule has 1 heterocycles. The van der Waals surface area contributed by atoms with Crippen LogP contribution in [0.15, 0.2) is 41.1 Å². The Balaban J connectivity index is 1.79. The SMILES string of the molecule is Nc1ccc(C(=O)NCCCn2cccn2)cc1Br. The third-order valence-corrected chi connectivity index (χ3v) is 3.36. The number of rotatable bonds is 5. The average Bonchev–Trinajstić information content (AvgIpc) is 2.91. The number of carbonyl (C=O) groups is 1. The third kappa shape index (κ3) is 3.82. The number of carbonyl (C=O) groups excluding carboxylic acids is 1. The number of aromatic nitrogens is 2. The Hall–Kier alpha value is -1.82. The van der Waals surface area contributed by atoms with E-state index in [4.69, 9.17) is 5.73 Å². The number of hydrogen-bond donors (Lipinski definition) is 2. The maximum absolute atomic E-state index is 11.9. The summed E-state index contributed by atoms with van der Waals surface area (Å²) in [6.45, 7) is 1.40. The van der Waals surface area contributed by atoms with Gasteiger partial charge in [0.25, 0.3) is 5.91 Å². The van der Waals surface area contributed by atoms with Gasteiger partial charge in [-0.3, -0.25) is 9.48 Å². The van der Waals surface area contributed by atoms with Gasteiger partial charge in [-0.1, -0.05) is 0 Å². The minimum absolute atomic E-state index is 0.0961. The van der Waals surface area contributed by atoms with Gasteiger partial charge in [-0.15, -0.1) is 0 Å². The number of benzene rings is 1. The zero-order valence-electron chi connectivity index (χ0n) is 10.3. The lowest BCUT2D eigenvalue weighted by Crippen LogP contribution is -2.25. The van der Waals surface area contributed by atoms with Gasteiger partial charge >= 0.3 is 0 Å². The molecular formula is C13H15BrN4O. The summed E-state index contributed by atoms with van der Waals surface area (Å²) in [6, 6.07) is 7.02. The molecule has 1 amide bonds. The molecule has 2 aromatic rings. The minimum Gasteiger partial charge on any atom is -0.398 e. The zero-order valence-corrected chi connectivity index (χ0v) is 11.9. The van der Waals surface area contributed by atoms with E-state index < -0.39 is 0 Å². The van der Waals surface area contributed by atoms with E-state index >= 15 is 0 Å². The minimum atomic E-state index is -0.0961. The lowest BCUT2D eigenvalue weighted by atomic mass is 10.2. The second-order valence-electron chi connectivity index (χ2n) is 4.11. The van der Waals surface area contributed by atoms with E-state index in [1.807, 2.05) is 16.9 Å². The molecule has 6 heteroatoms. The fraction of sp³-hybridized carbons (Fsp3) is 0.231. The Labute approximate surface area is 119 Å². The fourth-order valence-electron chi connectivity index (χ4n) is 1.65. The molecule has 0 aliphatic carbocycles. The summed E-state index contributed by atoms with van der Waals surface area (Å²) in [5, 5.41) is 6.96. The Morgan fingerprint density at radius 2 is 2.32 bits per heavy atom. The standard InChI is InChI=1S/C13H15BrN4O/c14-11-9-10(3-4-12(11)15)13(19)16-5-1-7-18-8-2-6-17-18/h2-4,6,8-9H,1,5,7,15H2,(H,16,19). The number of nitrogen functional groups attached to an aromatic ring is 1. The van der Waals surface area contributed by atoms with Gasteiger partial charge in [-0.2, -0.15) is 5.10 Å². The monoisotopic (exact) mass is 322 g/mol. The lowest BCUT2D eigenvalue weighted by molar-refractivity contribution is 0.0952. The van der Waals surface area contributed by atoms with Crippen LogP contribution in [0.1, 0.15) is 16.8 Å². The van der Waals surface area contributed by atoms with Gasteiger partial charge in [-0.25, -0.2) is 0 Å². The zero-order chi connectivity index (χ0) is 13.7. The van der Waals surface area contributed by atoms with E-state index in [-0.39, 0.29) is 5.91 Å². The molecule has 0 aliphatic heterocycles. The van der Waals surface area contributed by atoms with E-state index in [1.54, 1.807) is 24.4 Å². The molecule has 1 aromatic heterocycles. The highest BCUT2D eigenvalue weighted by atomic mass is 79.9. The molecule has 0 atom stereocenters. The number of hydrogen-bond acceptors (Lipinski definition) is 3. The average molecular weight is 323 g/mol. The topological polar surface area (TPSA) is 72.9 Å². The van der Waals surface area contributed by atoms with Crippen LogP contribution in [-0.4, -0.2) is 22.2 Å². The molecule has 0 spiro atoms. The van der Waals surface area contributed by atoms with Crippen LogP contribution >= 0.6 is 15.9 Å². The highest BCUT2D eigenvalue weighted by Crippen LogP contribution is 2.20. The van der Waals surface area contributed by atoms with Gasteiger partial charge in [0.1, 0.15) is 0 Å². The lowest BCUT2D eigenvalue weighted by Gasteiger charge is -2.06. The molecule has 19 heavy (non-hydrogen) atoms. The molecule has 0 saturated carbocycles. The fourth-order valence-corrected chi connectivity index (χ4v) is 2.02. The van der Waals surface area contributed by atoms with Crippen molar-refractivity contribution in [3.63, 3.8) is 0 Å². The van der Waals surface area contributed by atoms with Crippen LogP contribution < -0.4 is 11.1 Å². The summed E-state index contributed by atoms with van der Waals surface area (Å²) < 4.78 is 2.57. The molecule has 1 aromatic carbocycles. The van der Waals surface area contributed by atoms with Crippen LogP contribution in [0.2, 0.25) is 0 Å². The predicted molar refractivity (Wildman–Crippen MR) is 77.7 cm³/mol. The van der Waals surface area contributed by atoms with Crippen LogP contribution in [0.25, 0.3) is 0 Å². The molecule has 0 bridgehead atoms. The molecule has 0 radical (unpaired) electrons. The maximum atomic E-state index is 11.9. The molecular weight excluding hydrogens is 308 g/mol. The summed E-state index contributed by atoms with van der Waals surface area (Å²) in [4.78, 5) is 11.9. The number of halogens is 1. The smallest absolute Gasteiger partial charge is 0.251 e. The van der Waals surface area contributed by atoms with Crippen LogP contribution in [0.3, 0.4) is 0 Å². The number of anilines is 1. The van der Waals surface area contributed by atoms with Crippen LogP contribution in [-0.2, 0) is 6.54 Å². The van der Waals surface area contributed by atoms with Crippen molar-refractivity contribution in [2.75, 3.05) is 12.3 Å². The van der Waals surface area contributed by atoms with Crippen molar-refractivity contribution >= 4 is 27.5 Å². The maximum Gasteiger partial charge on any atom is 0.251 e. The number of nitrogens with two attached hydrogens (primary N) is 1. The van der Waals surface area contributed by atoms with Gasteiger partial charge in [-0.05, 0) is 46.6 Å². The van der Waals surface area contributed by atoms with Gasteiger partial charge in [0.15, 0.2) is 0 Å². The van der Waals surface area contributed by atoms with E-state index in [0.29, 0.717) is 17.8 Å². The van der Waals surface area contributed by atoms with Crippen molar-refractivity contribution in [3.05, 3.63) is 46.7 Å². The first kappa shape index (κ1) is 13.6. The molecule has 5 nitrogen and oxygen atoms in total. The Morgan fingerprint density at radius 3 is 3.00 bits per heavy atom. The first-order valence-corrected chi connectivity index (χ1v) is 6.77. The molecule has 0 aliphatic rings. The van der Waals surface area contributed by atoms with Crippen molar-refractivity contribution in [1.82, 2.24) is 15.1 Å². The number of amides is 1. The van der Waals surface area contributed by atoms with Crippen molar-refractivity contribution in [2.45, 2.75) is 13.0 Å². The van der Waals surface area contributed by atoms with E-state index in [9.17, 15) is 4.79 Å². The second-order valence-corrected chi connectivity index (χ2v) is 4.97. The molecule has 3 N–H and O–H groups in total. The van der Waals surface area contributed by atoms with Crippen LogP contribution in [0.5, 0.6) is 0 Å². The highest BCUT2D eigenvalue weighted by molar-refractivity contribution is 9.10. The quantitative estimate of drug-likeness (QED) is 0.653. The molecule has 0 saturated heterocycles. The Bertz CT molecular complexity index is 554. The first-order valence-electron chi connectivity index (χ1n) is 5.97. The molecule has 0 fully saturated rings. The largest absolute Gasteiger partial charge is 0.398 e. The normalized spacial score (nSPS) is 10.4. The predicted octanol–water partition coefficient (Wildman–Crippen LogP) is 2.05. The summed E-state index contributed by atoms with van der Waals surface area (Å²) in [6.07, 6.45) is 4.48. The van der Waals surface area contributed by atoms with Crippen LogP contribution in [0.4, 0.5) is 5.69 Å². The molecule has 0 unspecified atom stereocenters. The molecule has 100 valence electrons. The van der Waals surface area contributed by atoms with E-state index in [0.717, 1.165) is 17.4 Å². The summed E-state index contributed by atoms with van der Waals surface area (Å²) in [7, 11) is 0. The molecule has 2 rings (SSSR count). The number of nitrogens with one attached hydrogen (secondary N) is 1. The second kappa shape index (κ2) is 6.38. The van der Waals surface area contributed by atoms with Crippen molar-refractivity contribution in [3.8, 4) is 0 Å². The Kier molecular flexibility index (Phi) is 4.57. The summed E-state index contributed by atoms with van der Waals surface area (Å²) in [5.41, 5.74) is 6.89. The summed E-state index contributed by atoms with van der Waals surface area (Å²) >= 11 is 3.31. The van der Waals surface area contributed by atoms with Gasteiger partial charge in [0, 0.05) is 41.2 Å². The number of nitrogens with zero attached hydrogens (tertiary/aromatic N) is 2.